The van der Waals surface area contributed by atoms with E-state index in [1.54, 1.807) is 0 Å². The zero-order valence-electron chi connectivity index (χ0n) is 15.4. The number of amides is 1. The third kappa shape index (κ3) is 3.25. The van der Waals surface area contributed by atoms with Crippen molar-refractivity contribution in [1.82, 2.24) is 0 Å². The van der Waals surface area contributed by atoms with Crippen molar-refractivity contribution in [2.24, 2.45) is 17.1 Å². The molecule has 1 aliphatic heterocycles. The fraction of sp³-hybridized carbons (Fsp3) is 0.632. The maximum atomic E-state index is 12.9. The Morgan fingerprint density at radius 1 is 1.32 bits per heavy atom. The van der Waals surface area contributed by atoms with Crippen molar-refractivity contribution in [3.8, 4) is 5.75 Å². The summed E-state index contributed by atoms with van der Waals surface area (Å²) in [5.41, 5.74) is 6.07. The quantitative estimate of drug-likeness (QED) is 0.854. The highest BCUT2D eigenvalue weighted by Gasteiger charge is 2.70. The van der Waals surface area contributed by atoms with Gasteiger partial charge in [0.1, 0.15) is 11.3 Å². The third-order valence-corrected chi connectivity index (χ3v) is 5.54. The van der Waals surface area contributed by atoms with Crippen LogP contribution < -0.4 is 15.8 Å². The molecule has 5 nitrogen and oxygen atoms in total. The summed E-state index contributed by atoms with van der Waals surface area (Å²) in [6, 6.07) is 7.41. The first kappa shape index (κ1) is 20.0. The van der Waals surface area contributed by atoms with Gasteiger partial charge >= 0.3 is 0 Å². The lowest BCUT2D eigenvalue weighted by Crippen LogP contribution is -2.81. The molecule has 140 valence electrons. The molecule has 0 aromatic heterocycles. The highest BCUT2D eigenvalue weighted by molar-refractivity contribution is 6.00. The number of nitrogens with one attached hydrogen (secondary N) is 1. The first-order valence-electron chi connectivity index (χ1n) is 8.75. The van der Waals surface area contributed by atoms with Gasteiger partial charge in [-0.2, -0.15) is 0 Å². The summed E-state index contributed by atoms with van der Waals surface area (Å²) in [6.45, 7) is 8.78. The Morgan fingerprint density at radius 2 is 1.96 bits per heavy atom. The fourth-order valence-electron chi connectivity index (χ4n) is 4.16. The Kier molecular flexibility index (Phi) is 5.71. The van der Waals surface area contributed by atoms with Crippen molar-refractivity contribution < 1.29 is 14.3 Å². The van der Waals surface area contributed by atoms with Gasteiger partial charge in [0, 0.05) is 23.6 Å². The summed E-state index contributed by atoms with van der Waals surface area (Å²) in [7, 11) is 0. The molecule has 0 spiro atoms. The van der Waals surface area contributed by atoms with Crippen molar-refractivity contribution in [2.75, 3.05) is 11.9 Å². The van der Waals surface area contributed by atoms with Crippen molar-refractivity contribution in [1.29, 1.82) is 0 Å². The van der Waals surface area contributed by atoms with E-state index in [-0.39, 0.29) is 41.9 Å². The number of carbonyl (C=O) groups is 1. The van der Waals surface area contributed by atoms with E-state index in [0.717, 1.165) is 30.9 Å². The van der Waals surface area contributed by atoms with E-state index in [1.807, 2.05) is 52.0 Å². The van der Waals surface area contributed by atoms with E-state index < -0.39 is 5.54 Å². The predicted molar refractivity (Wildman–Crippen MR) is 101 cm³/mol. The van der Waals surface area contributed by atoms with E-state index in [1.165, 1.54) is 0 Å². The van der Waals surface area contributed by atoms with Crippen LogP contribution in [0.4, 0.5) is 5.69 Å². The molecule has 1 heterocycles. The van der Waals surface area contributed by atoms with E-state index in [4.69, 9.17) is 15.2 Å². The first-order valence-corrected chi connectivity index (χ1v) is 8.75. The second kappa shape index (κ2) is 7.14. The van der Waals surface area contributed by atoms with Crippen LogP contribution >= 0.6 is 12.4 Å². The molecule has 1 aromatic rings. The molecular formula is C19H29ClN2O3. The van der Waals surface area contributed by atoms with Gasteiger partial charge in [0.25, 0.3) is 0 Å². The standard InChI is InChI=1S/C19H28N2O3.ClH/c1-12(2)24-14-9-7-13(8-10-14)21-17(22)19(20)15-6-5-11-23-16(15)18(19,3)4;/h7-10,12,15-16H,5-6,11,20H2,1-4H3,(H,21,22);1H. The molecule has 0 bridgehead atoms. The summed E-state index contributed by atoms with van der Waals surface area (Å²) in [5.74, 6) is 0.747. The van der Waals surface area contributed by atoms with Crippen LogP contribution in [0, 0.1) is 11.3 Å². The van der Waals surface area contributed by atoms with Crippen LogP contribution in [-0.2, 0) is 9.53 Å². The second-order valence-corrected chi connectivity index (χ2v) is 7.78. The van der Waals surface area contributed by atoms with Gasteiger partial charge in [-0.05, 0) is 51.0 Å². The lowest BCUT2D eigenvalue weighted by atomic mass is 9.46. The predicted octanol–water partition coefficient (Wildman–Crippen LogP) is 3.37. The van der Waals surface area contributed by atoms with Gasteiger partial charge in [-0.1, -0.05) is 13.8 Å². The molecule has 3 unspecified atom stereocenters. The zero-order valence-corrected chi connectivity index (χ0v) is 16.2. The minimum absolute atomic E-state index is 0. The van der Waals surface area contributed by atoms with Crippen LogP contribution in [0.5, 0.6) is 5.75 Å². The molecule has 1 saturated carbocycles. The lowest BCUT2D eigenvalue weighted by molar-refractivity contribution is -0.222. The van der Waals surface area contributed by atoms with E-state index >= 15 is 0 Å². The van der Waals surface area contributed by atoms with Crippen molar-refractivity contribution in [3.63, 3.8) is 0 Å². The summed E-state index contributed by atoms with van der Waals surface area (Å²) >= 11 is 0. The van der Waals surface area contributed by atoms with Gasteiger partial charge in [-0.3, -0.25) is 4.79 Å². The minimum Gasteiger partial charge on any atom is -0.491 e. The largest absolute Gasteiger partial charge is 0.491 e. The highest BCUT2D eigenvalue weighted by Crippen LogP contribution is 2.57. The topological polar surface area (TPSA) is 73.6 Å². The Morgan fingerprint density at radius 3 is 2.56 bits per heavy atom. The summed E-state index contributed by atoms with van der Waals surface area (Å²) in [6.07, 6.45) is 2.10. The summed E-state index contributed by atoms with van der Waals surface area (Å²) < 4.78 is 11.5. The van der Waals surface area contributed by atoms with Crippen LogP contribution in [0.25, 0.3) is 0 Å². The molecule has 1 aliphatic carbocycles. The van der Waals surface area contributed by atoms with Gasteiger partial charge in [-0.15, -0.1) is 12.4 Å². The number of benzene rings is 1. The van der Waals surface area contributed by atoms with Crippen LogP contribution in [0.1, 0.15) is 40.5 Å². The van der Waals surface area contributed by atoms with Crippen molar-refractivity contribution in [3.05, 3.63) is 24.3 Å². The molecule has 25 heavy (non-hydrogen) atoms. The number of nitrogens with two attached hydrogens (primary N) is 1. The Bertz CT molecular complexity index is 618. The normalized spacial score (nSPS) is 29.8. The van der Waals surface area contributed by atoms with Crippen LogP contribution in [0.3, 0.4) is 0 Å². The molecule has 3 atom stereocenters. The van der Waals surface area contributed by atoms with Crippen molar-refractivity contribution in [2.45, 2.75) is 58.3 Å². The first-order chi connectivity index (χ1) is 11.3. The molecule has 0 radical (unpaired) electrons. The van der Waals surface area contributed by atoms with Gasteiger partial charge < -0.3 is 20.5 Å². The molecule has 3 rings (SSSR count). The highest BCUT2D eigenvalue weighted by atomic mass is 35.5. The van der Waals surface area contributed by atoms with E-state index in [0.29, 0.717) is 0 Å². The molecule has 1 aromatic carbocycles. The minimum atomic E-state index is -0.898. The Hall–Kier alpha value is -1.30. The number of hydrogen-bond donors (Lipinski definition) is 2. The average Bonchev–Trinajstić information content (AvgIpc) is 2.55. The van der Waals surface area contributed by atoms with Crippen molar-refractivity contribution >= 4 is 24.0 Å². The molecule has 6 heteroatoms. The van der Waals surface area contributed by atoms with Crippen LogP contribution in [-0.4, -0.2) is 30.3 Å². The summed E-state index contributed by atoms with van der Waals surface area (Å²) in [5, 5.41) is 2.98. The van der Waals surface area contributed by atoms with Gasteiger partial charge in [0.15, 0.2) is 0 Å². The number of anilines is 1. The lowest BCUT2D eigenvalue weighted by Gasteiger charge is -2.65. The molecular weight excluding hydrogens is 340 g/mol. The number of hydrogen-bond acceptors (Lipinski definition) is 4. The number of carbonyl (C=O) groups excluding carboxylic acids is 1. The molecule has 1 saturated heterocycles. The van der Waals surface area contributed by atoms with Gasteiger partial charge in [0.05, 0.1) is 12.2 Å². The zero-order chi connectivity index (χ0) is 17.5. The molecule has 3 N–H and O–H groups in total. The Balaban J connectivity index is 0.00000225. The number of halogens is 1. The van der Waals surface area contributed by atoms with E-state index in [2.05, 4.69) is 5.32 Å². The SMILES string of the molecule is CC(C)Oc1ccc(NC(=O)C2(N)C3CCCOC3C2(C)C)cc1.Cl. The maximum absolute atomic E-state index is 12.9. The number of ether oxygens (including phenoxy) is 2. The van der Waals surface area contributed by atoms with Gasteiger partial charge in [0.2, 0.25) is 5.91 Å². The maximum Gasteiger partial charge on any atom is 0.245 e. The summed E-state index contributed by atoms with van der Waals surface area (Å²) in [4.78, 5) is 12.9. The third-order valence-electron chi connectivity index (χ3n) is 5.54. The fourth-order valence-corrected chi connectivity index (χ4v) is 4.16. The smallest absolute Gasteiger partial charge is 0.245 e. The number of fused-ring (bicyclic) bond motifs is 1. The second-order valence-electron chi connectivity index (χ2n) is 7.78. The molecule has 2 fully saturated rings. The molecule has 1 amide bonds. The monoisotopic (exact) mass is 368 g/mol. The Labute approximate surface area is 156 Å². The van der Waals surface area contributed by atoms with Gasteiger partial charge in [-0.25, -0.2) is 0 Å². The van der Waals surface area contributed by atoms with Crippen LogP contribution in [0.15, 0.2) is 24.3 Å². The number of rotatable bonds is 4. The van der Waals surface area contributed by atoms with Crippen LogP contribution in [0.2, 0.25) is 0 Å². The average molecular weight is 369 g/mol. The molecule has 2 aliphatic rings. The van der Waals surface area contributed by atoms with E-state index in [9.17, 15) is 4.79 Å².